The van der Waals surface area contributed by atoms with E-state index in [2.05, 4.69) is 9.88 Å². The molecule has 4 rings (SSSR count). The SMILES string of the molecule is O=C(c1cccn2ccnc12)N1CCN(C(Cl)Cc2ccc(Cl)cc2)CC1. The summed E-state index contributed by atoms with van der Waals surface area (Å²) in [5, 5.41) is 0.726. The number of imidazole rings is 1. The van der Waals surface area contributed by atoms with Gasteiger partial charge in [-0.25, -0.2) is 4.98 Å². The summed E-state index contributed by atoms with van der Waals surface area (Å²) in [6, 6.07) is 11.5. The molecule has 1 aliphatic heterocycles. The van der Waals surface area contributed by atoms with Gasteiger partial charge in [-0.05, 0) is 29.8 Å². The van der Waals surface area contributed by atoms with E-state index in [1.807, 2.05) is 58.1 Å². The van der Waals surface area contributed by atoms with E-state index >= 15 is 0 Å². The van der Waals surface area contributed by atoms with Gasteiger partial charge in [-0.15, -0.1) is 11.6 Å². The largest absolute Gasteiger partial charge is 0.336 e. The van der Waals surface area contributed by atoms with E-state index in [-0.39, 0.29) is 11.4 Å². The summed E-state index contributed by atoms with van der Waals surface area (Å²) in [6.45, 7) is 2.82. The van der Waals surface area contributed by atoms with Gasteiger partial charge in [0.1, 0.15) is 5.65 Å². The Bertz CT molecular complexity index is 933. The average molecular weight is 403 g/mol. The Morgan fingerprint density at radius 3 is 2.56 bits per heavy atom. The average Bonchev–Trinajstić information content (AvgIpc) is 3.18. The molecule has 3 aromatic rings. The Hall–Kier alpha value is -2.08. The molecule has 7 heteroatoms. The van der Waals surface area contributed by atoms with E-state index in [9.17, 15) is 4.79 Å². The lowest BCUT2D eigenvalue weighted by Gasteiger charge is -2.37. The maximum Gasteiger partial charge on any atom is 0.257 e. The Morgan fingerprint density at radius 1 is 1.07 bits per heavy atom. The van der Waals surface area contributed by atoms with Gasteiger partial charge in [0, 0.05) is 56.2 Å². The fourth-order valence-electron chi connectivity index (χ4n) is 3.43. The van der Waals surface area contributed by atoms with E-state index < -0.39 is 0 Å². The number of alkyl halides is 1. The monoisotopic (exact) mass is 402 g/mol. The quantitative estimate of drug-likeness (QED) is 0.494. The van der Waals surface area contributed by atoms with Crippen molar-refractivity contribution in [2.75, 3.05) is 26.2 Å². The molecule has 0 spiro atoms. The summed E-state index contributed by atoms with van der Waals surface area (Å²) < 4.78 is 1.87. The van der Waals surface area contributed by atoms with Crippen molar-refractivity contribution in [1.29, 1.82) is 0 Å². The first-order valence-corrected chi connectivity index (χ1v) is 9.77. The zero-order chi connectivity index (χ0) is 18.8. The van der Waals surface area contributed by atoms with Crippen molar-refractivity contribution in [3.8, 4) is 0 Å². The predicted molar refractivity (Wildman–Crippen MR) is 107 cm³/mol. The number of nitrogens with zero attached hydrogens (tertiary/aromatic N) is 4. The molecular formula is C20H20Cl2N4O. The lowest BCUT2D eigenvalue weighted by atomic mass is 10.1. The maximum atomic E-state index is 12.9. The minimum atomic E-state index is -0.0980. The van der Waals surface area contributed by atoms with E-state index in [4.69, 9.17) is 23.2 Å². The first-order chi connectivity index (χ1) is 13.1. The highest BCUT2D eigenvalue weighted by molar-refractivity contribution is 6.30. The smallest absolute Gasteiger partial charge is 0.257 e. The third-order valence-electron chi connectivity index (χ3n) is 4.96. The van der Waals surface area contributed by atoms with Gasteiger partial charge in [0.2, 0.25) is 0 Å². The van der Waals surface area contributed by atoms with Crippen LogP contribution in [0.2, 0.25) is 5.02 Å². The van der Waals surface area contributed by atoms with Gasteiger partial charge < -0.3 is 9.30 Å². The van der Waals surface area contributed by atoms with E-state index in [1.54, 1.807) is 6.20 Å². The molecule has 1 aromatic carbocycles. The van der Waals surface area contributed by atoms with Crippen molar-refractivity contribution in [2.24, 2.45) is 0 Å². The van der Waals surface area contributed by atoms with Crippen LogP contribution in [0.3, 0.4) is 0 Å². The molecule has 140 valence electrons. The molecule has 0 bridgehead atoms. The second-order valence-corrected chi connectivity index (χ2v) is 7.61. The van der Waals surface area contributed by atoms with Gasteiger partial charge in [-0.1, -0.05) is 23.7 Å². The summed E-state index contributed by atoms with van der Waals surface area (Å²) >= 11 is 12.6. The summed E-state index contributed by atoms with van der Waals surface area (Å²) in [4.78, 5) is 21.3. The van der Waals surface area contributed by atoms with Crippen LogP contribution in [0.25, 0.3) is 5.65 Å². The number of carbonyl (C=O) groups is 1. The zero-order valence-corrected chi connectivity index (χ0v) is 16.3. The summed E-state index contributed by atoms with van der Waals surface area (Å²) in [5.74, 6) is 0.0234. The van der Waals surface area contributed by atoms with Crippen LogP contribution in [0.5, 0.6) is 0 Å². The summed E-state index contributed by atoms with van der Waals surface area (Å²) in [5.41, 5.74) is 2.39. The fourth-order valence-corrected chi connectivity index (χ4v) is 3.93. The number of benzene rings is 1. The van der Waals surface area contributed by atoms with Crippen LogP contribution in [0.1, 0.15) is 15.9 Å². The molecular weight excluding hydrogens is 383 g/mol. The number of carbonyl (C=O) groups excluding carboxylic acids is 1. The topological polar surface area (TPSA) is 40.9 Å². The zero-order valence-electron chi connectivity index (χ0n) is 14.8. The lowest BCUT2D eigenvalue weighted by Crippen LogP contribution is -2.51. The standard InChI is InChI=1S/C20H20Cl2N4O/c21-16-5-3-15(4-6-16)14-18(22)24-10-12-26(13-11-24)20(27)17-2-1-8-25-9-7-23-19(17)25/h1-9,18H,10-14H2. The molecule has 1 unspecified atom stereocenters. The number of hydrogen-bond donors (Lipinski definition) is 0. The molecule has 1 saturated heterocycles. The molecule has 0 saturated carbocycles. The number of aromatic nitrogens is 2. The van der Waals surface area contributed by atoms with E-state index in [0.717, 1.165) is 30.1 Å². The number of piperazine rings is 1. The Kier molecular flexibility index (Phi) is 5.34. The molecule has 0 radical (unpaired) electrons. The fraction of sp³-hybridized carbons (Fsp3) is 0.300. The number of rotatable bonds is 4. The lowest BCUT2D eigenvalue weighted by molar-refractivity contribution is 0.0621. The first kappa shape index (κ1) is 18.3. The number of hydrogen-bond acceptors (Lipinski definition) is 3. The Labute approximate surface area is 168 Å². The summed E-state index contributed by atoms with van der Waals surface area (Å²) in [7, 11) is 0. The molecule has 1 fully saturated rings. The molecule has 1 aliphatic rings. The highest BCUT2D eigenvalue weighted by Gasteiger charge is 2.26. The second kappa shape index (κ2) is 7.89. The minimum Gasteiger partial charge on any atom is -0.336 e. The van der Waals surface area contributed by atoms with Gasteiger partial charge in [0.15, 0.2) is 0 Å². The van der Waals surface area contributed by atoms with Crippen molar-refractivity contribution in [2.45, 2.75) is 11.9 Å². The maximum absolute atomic E-state index is 12.9. The highest BCUT2D eigenvalue weighted by Crippen LogP contribution is 2.19. The van der Waals surface area contributed by atoms with Crippen molar-refractivity contribution < 1.29 is 4.79 Å². The van der Waals surface area contributed by atoms with Crippen LogP contribution in [-0.2, 0) is 6.42 Å². The van der Waals surface area contributed by atoms with Crippen LogP contribution >= 0.6 is 23.2 Å². The van der Waals surface area contributed by atoms with Gasteiger partial charge in [-0.3, -0.25) is 9.69 Å². The van der Waals surface area contributed by atoms with Crippen molar-refractivity contribution in [1.82, 2.24) is 19.2 Å². The molecule has 3 heterocycles. The molecule has 1 atom stereocenters. The first-order valence-electron chi connectivity index (χ1n) is 8.95. The van der Waals surface area contributed by atoms with Crippen molar-refractivity contribution in [3.63, 3.8) is 0 Å². The van der Waals surface area contributed by atoms with Gasteiger partial charge in [-0.2, -0.15) is 0 Å². The third kappa shape index (κ3) is 3.95. The number of halogens is 2. The number of amides is 1. The molecule has 0 aliphatic carbocycles. The van der Waals surface area contributed by atoms with Crippen molar-refractivity contribution >= 4 is 34.8 Å². The van der Waals surface area contributed by atoms with E-state index in [0.29, 0.717) is 24.3 Å². The Morgan fingerprint density at radius 2 is 1.81 bits per heavy atom. The third-order valence-corrected chi connectivity index (χ3v) is 5.65. The molecule has 5 nitrogen and oxygen atoms in total. The highest BCUT2D eigenvalue weighted by atomic mass is 35.5. The molecule has 1 amide bonds. The van der Waals surface area contributed by atoms with Crippen molar-refractivity contribution in [3.05, 3.63) is 71.1 Å². The summed E-state index contributed by atoms with van der Waals surface area (Å²) in [6.07, 6.45) is 6.20. The van der Waals surface area contributed by atoms with Crippen LogP contribution < -0.4 is 0 Å². The number of pyridine rings is 1. The van der Waals surface area contributed by atoms with Gasteiger partial charge in [0.05, 0.1) is 11.1 Å². The molecule has 2 aromatic heterocycles. The van der Waals surface area contributed by atoms with Crippen LogP contribution in [-0.4, -0.2) is 56.8 Å². The van der Waals surface area contributed by atoms with Gasteiger partial charge >= 0.3 is 0 Å². The van der Waals surface area contributed by atoms with Gasteiger partial charge in [0.25, 0.3) is 5.91 Å². The van der Waals surface area contributed by atoms with Crippen LogP contribution in [0.4, 0.5) is 0 Å². The Balaban J connectivity index is 1.37. The normalized spacial score (nSPS) is 16.6. The van der Waals surface area contributed by atoms with Crippen LogP contribution in [0.15, 0.2) is 55.0 Å². The van der Waals surface area contributed by atoms with Crippen LogP contribution in [0, 0.1) is 0 Å². The minimum absolute atomic E-state index is 0.0234. The molecule has 27 heavy (non-hydrogen) atoms. The number of fused-ring (bicyclic) bond motifs is 1. The molecule has 0 N–H and O–H groups in total. The predicted octanol–water partition coefficient (Wildman–Crippen LogP) is 3.55. The van der Waals surface area contributed by atoms with E-state index in [1.165, 1.54) is 0 Å². The second-order valence-electron chi connectivity index (χ2n) is 6.67.